The van der Waals surface area contributed by atoms with Gasteiger partial charge in [-0.15, -0.1) is 0 Å². The lowest BCUT2D eigenvalue weighted by atomic mass is 9.85. The summed E-state index contributed by atoms with van der Waals surface area (Å²) in [4.78, 5) is 100. The van der Waals surface area contributed by atoms with Gasteiger partial charge in [-0.2, -0.15) is 0 Å². The van der Waals surface area contributed by atoms with Crippen LogP contribution in [0, 0.1) is 29.6 Å². The van der Waals surface area contributed by atoms with Crippen LogP contribution in [0.1, 0.15) is 117 Å². The van der Waals surface area contributed by atoms with Gasteiger partial charge in [-0.3, -0.25) is 43.4 Å². The number of aliphatic carboxylic acids is 1. The van der Waals surface area contributed by atoms with E-state index in [1.54, 1.807) is 30.9 Å². The summed E-state index contributed by atoms with van der Waals surface area (Å²) in [6, 6.07) is 7.56. The lowest BCUT2D eigenvalue weighted by molar-refractivity contribution is -0.148. The van der Waals surface area contributed by atoms with Gasteiger partial charge in [-0.25, -0.2) is 0 Å². The zero-order valence-corrected chi connectivity index (χ0v) is 40.7. The maximum Gasteiger partial charge on any atom is 0.307 e. The molecule has 11 atom stereocenters. The van der Waals surface area contributed by atoms with Crippen molar-refractivity contribution in [1.82, 2.24) is 24.9 Å². The number of piperidine rings is 1. The molecule has 4 aliphatic rings. The van der Waals surface area contributed by atoms with Crippen molar-refractivity contribution in [2.45, 2.75) is 161 Å². The van der Waals surface area contributed by atoms with E-state index < -0.39 is 48.1 Å². The van der Waals surface area contributed by atoms with Crippen molar-refractivity contribution in [3.05, 3.63) is 48.0 Å². The molecule has 66 heavy (non-hydrogen) atoms. The molecule has 1 aliphatic carbocycles. The van der Waals surface area contributed by atoms with Crippen LogP contribution in [0.5, 0.6) is 0 Å². The zero-order valence-electron chi connectivity index (χ0n) is 40.7. The lowest BCUT2D eigenvalue weighted by Gasteiger charge is -2.41. The van der Waals surface area contributed by atoms with Gasteiger partial charge in [0.1, 0.15) is 11.8 Å². The van der Waals surface area contributed by atoms with Crippen molar-refractivity contribution >= 4 is 41.3 Å². The molecule has 2 saturated heterocycles. The first-order chi connectivity index (χ1) is 31.5. The summed E-state index contributed by atoms with van der Waals surface area (Å²) in [6.45, 7) is 11.3. The van der Waals surface area contributed by atoms with Gasteiger partial charge in [0, 0.05) is 64.9 Å². The summed E-state index contributed by atoms with van der Waals surface area (Å²) < 4.78 is 12.0. The maximum atomic E-state index is 14.7. The minimum Gasteiger partial charge on any atom is -0.481 e. The third kappa shape index (κ3) is 12.7. The molecule has 3 heterocycles. The number of rotatable bonds is 27. The molecule has 2 bridgehead atoms. The van der Waals surface area contributed by atoms with E-state index in [-0.39, 0.29) is 78.4 Å². The van der Waals surface area contributed by atoms with Crippen molar-refractivity contribution in [2.75, 3.05) is 40.9 Å². The van der Waals surface area contributed by atoms with E-state index in [0.29, 0.717) is 38.4 Å². The number of carboxylic acids is 1. The number of likely N-dealkylation sites (N-methyl/N-ethyl adjacent to an activating group) is 1. The predicted octanol–water partition coefficient (Wildman–Crippen LogP) is 5.29. The van der Waals surface area contributed by atoms with Crippen LogP contribution in [0.3, 0.4) is 0 Å². The van der Waals surface area contributed by atoms with Crippen molar-refractivity contribution in [1.29, 1.82) is 0 Å². The number of carboxylic acid groups (broad SMARTS) is 1. The van der Waals surface area contributed by atoms with Crippen LogP contribution in [0.25, 0.3) is 0 Å². The fourth-order valence-electron chi connectivity index (χ4n) is 11.2. The Morgan fingerprint density at radius 1 is 0.879 bits per heavy atom. The smallest absolute Gasteiger partial charge is 0.307 e. The number of ether oxygens (including phenoxy) is 2. The number of carbonyl (C=O) groups excluding carboxylic acids is 6. The Morgan fingerprint density at radius 3 is 2.15 bits per heavy atom. The number of amides is 5. The van der Waals surface area contributed by atoms with Gasteiger partial charge < -0.3 is 29.7 Å². The molecular formula is C51H77N5O10. The topological polar surface area (TPSA) is 183 Å². The number of unbranched alkanes of at least 4 members (excludes halogenated alkanes) is 3. The van der Waals surface area contributed by atoms with Gasteiger partial charge in [0.05, 0.1) is 42.7 Å². The molecule has 2 N–H and O–H groups in total. The molecule has 366 valence electrons. The molecule has 15 nitrogen and oxygen atoms in total. The molecule has 0 aromatic heterocycles. The van der Waals surface area contributed by atoms with Crippen molar-refractivity contribution in [3.8, 4) is 0 Å². The number of likely N-dealkylation sites (tertiary alicyclic amines) is 2. The Labute approximate surface area is 392 Å². The summed E-state index contributed by atoms with van der Waals surface area (Å²) in [5.74, 6) is -3.93. The number of imide groups is 1. The summed E-state index contributed by atoms with van der Waals surface area (Å²) in [6.07, 6.45) is 9.81. The molecule has 0 spiro atoms. The SMILES string of the molecule is CC[C@H](C)[C@@H]([C@@H](CC(=O)N1CCC[C@H]1[C@H](OC)[C@@H](C)C(=O)C[C@@H](Cc1ccccc1)C(=O)O)OC)N(C)C(=O)[C@@H](NC(=O)[C@@H]1[C@H]2CC[C@@H](C2)N1CCCCCCN1C(=O)C=CC1=O)C(C)C. The summed E-state index contributed by atoms with van der Waals surface area (Å²) in [5.41, 5.74) is 0.840. The summed E-state index contributed by atoms with van der Waals surface area (Å²) >= 11 is 0. The third-order valence-electron chi connectivity index (χ3n) is 15.1. The second-order valence-electron chi connectivity index (χ2n) is 19.7. The van der Waals surface area contributed by atoms with Gasteiger partial charge in [-0.1, -0.05) is 84.2 Å². The number of Topliss-reactive ketones (excluding diaryl/α,β-unsaturated/α-hetero) is 1. The number of ketones is 1. The van der Waals surface area contributed by atoms with E-state index in [2.05, 4.69) is 10.2 Å². The molecule has 3 fully saturated rings. The van der Waals surface area contributed by atoms with Crippen molar-refractivity contribution < 1.29 is 48.1 Å². The van der Waals surface area contributed by atoms with Gasteiger partial charge in [0.25, 0.3) is 11.8 Å². The third-order valence-corrected chi connectivity index (χ3v) is 15.1. The highest BCUT2D eigenvalue weighted by molar-refractivity contribution is 6.12. The van der Waals surface area contributed by atoms with E-state index in [1.165, 1.54) is 24.2 Å². The standard InChI is InChI=1S/C51H77N5O10/c1-9-33(4)46(41(65-7)31-44(60)55-27-17-20-39(55)48(66-8)34(5)40(57)30-37(51(63)64)28-35-18-13-12-14-19-35)53(6)50(62)45(32(2)3)52-49(61)47-36-21-22-38(29-36)54(47)25-15-10-11-16-26-56-42(58)23-24-43(56)59/h12-14,18-19,23-24,32-34,36-39,41,45-48H,9-11,15-17,20-22,25-31H2,1-8H3,(H,52,61)(H,63,64)/t33-,34-,36-,37+,38-,39-,41+,45-,46-,47-,48+/m0/s1. The van der Waals surface area contributed by atoms with E-state index >= 15 is 0 Å². The van der Waals surface area contributed by atoms with Crippen LogP contribution >= 0.6 is 0 Å². The second kappa shape index (κ2) is 24.5. The van der Waals surface area contributed by atoms with Crippen molar-refractivity contribution in [3.63, 3.8) is 0 Å². The molecule has 1 aromatic carbocycles. The fourth-order valence-corrected chi connectivity index (χ4v) is 11.2. The molecule has 0 radical (unpaired) electrons. The number of nitrogens with one attached hydrogen (secondary N) is 1. The first-order valence-corrected chi connectivity index (χ1v) is 24.5. The van der Waals surface area contributed by atoms with Gasteiger partial charge >= 0.3 is 5.97 Å². The molecule has 0 unspecified atom stereocenters. The minimum atomic E-state index is -1.03. The van der Waals surface area contributed by atoms with Crippen LogP contribution < -0.4 is 5.32 Å². The normalized spacial score (nSPS) is 23.8. The number of benzene rings is 1. The molecule has 1 saturated carbocycles. The second-order valence-corrected chi connectivity index (χ2v) is 19.7. The quantitative estimate of drug-likeness (QED) is 0.0865. The zero-order chi connectivity index (χ0) is 48.2. The molecule has 1 aromatic rings. The summed E-state index contributed by atoms with van der Waals surface area (Å²) in [5, 5.41) is 13.2. The summed E-state index contributed by atoms with van der Waals surface area (Å²) in [7, 11) is 4.82. The highest BCUT2D eigenvalue weighted by Gasteiger charge is 2.50. The monoisotopic (exact) mass is 920 g/mol. The molecule has 5 amide bonds. The van der Waals surface area contributed by atoms with Crippen LogP contribution in [0.2, 0.25) is 0 Å². The average Bonchev–Trinajstić information content (AvgIpc) is 4.12. The number of fused-ring (bicyclic) bond motifs is 2. The molecule has 15 heteroatoms. The highest BCUT2D eigenvalue weighted by atomic mass is 16.5. The Morgan fingerprint density at radius 2 is 1.55 bits per heavy atom. The number of carbonyl (C=O) groups is 7. The van der Waals surface area contributed by atoms with Gasteiger partial charge in [-0.05, 0) is 81.2 Å². The van der Waals surface area contributed by atoms with Crippen LogP contribution in [0.15, 0.2) is 42.5 Å². The number of nitrogens with zero attached hydrogens (tertiary/aromatic N) is 4. The Kier molecular flexibility index (Phi) is 19.5. The van der Waals surface area contributed by atoms with Crippen LogP contribution in [-0.4, -0.2) is 149 Å². The largest absolute Gasteiger partial charge is 0.481 e. The fraction of sp³-hybridized carbons (Fsp3) is 0.706. The van der Waals surface area contributed by atoms with E-state index in [4.69, 9.17) is 9.47 Å². The minimum absolute atomic E-state index is 0.0128. The number of methoxy groups -OCH3 is 2. The maximum absolute atomic E-state index is 14.7. The van der Waals surface area contributed by atoms with Crippen LogP contribution in [0.4, 0.5) is 0 Å². The average molecular weight is 920 g/mol. The van der Waals surface area contributed by atoms with Crippen molar-refractivity contribution in [2.24, 2.45) is 29.6 Å². The van der Waals surface area contributed by atoms with Gasteiger partial charge in [0.15, 0.2) is 0 Å². The Balaban J connectivity index is 1.21. The number of hydrogen-bond donors (Lipinski definition) is 2. The molecular weight excluding hydrogens is 843 g/mol. The Hall–Kier alpha value is -4.47. The Bertz CT molecular complexity index is 1860. The molecule has 3 aliphatic heterocycles. The first kappa shape index (κ1) is 52.5. The van der Waals surface area contributed by atoms with E-state index in [0.717, 1.165) is 57.1 Å². The first-order valence-electron chi connectivity index (χ1n) is 24.5. The van der Waals surface area contributed by atoms with Gasteiger partial charge in [0.2, 0.25) is 17.7 Å². The predicted molar refractivity (Wildman–Crippen MR) is 250 cm³/mol. The lowest BCUT2D eigenvalue weighted by Crippen LogP contribution is -2.60. The van der Waals surface area contributed by atoms with Crippen LogP contribution in [-0.2, 0) is 49.5 Å². The number of hydrogen-bond acceptors (Lipinski definition) is 10. The van der Waals surface area contributed by atoms with E-state index in [1.807, 2.05) is 58.0 Å². The van der Waals surface area contributed by atoms with E-state index in [9.17, 15) is 38.7 Å². The highest BCUT2D eigenvalue weighted by Crippen LogP contribution is 2.43. The molecule has 5 rings (SSSR count).